The summed E-state index contributed by atoms with van der Waals surface area (Å²) in [5, 5.41) is 0. The third-order valence-corrected chi connectivity index (χ3v) is 4.27. The quantitative estimate of drug-likeness (QED) is 0.812. The third-order valence-electron chi connectivity index (χ3n) is 4.27. The fourth-order valence-corrected chi connectivity index (χ4v) is 2.97. The molecule has 2 aliphatic rings. The molecule has 0 amide bonds. The zero-order valence-electron chi connectivity index (χ0n) is 12.7. The van der Waals surface area contributed by atoms with Crippen molar-refractivity contribution >= 4 is 5.95 Å². The van der Waals surface area contributed by atoms with Gasteiger partial charge in [-0.3, -0.25) is 4.90 Å². The predicted octanol–water partition coefficient (Wildman–Crippen LogP) is 1.18. The van der Waals surface area contributed by atoms with Crippen LogP contribution < -0.4 is 9.64 Å². The highest BCUT2D eigenvalue weighted by Crippen LogP contribution is 2.17. The third kappa shape index (κ3) is 3.83. The number of anilines is 1. The van der Waals surface area contributed by atoms with Gasteiger partial charge in [0.25, 0.3) is 0 Å². The molecule has 21 heavy (non-hydrogen) atoms. The van der Waals surface area contributed by atoms with Gasteiger partial charge in [-0.15, -0.1) is 0 Å². The number of methoxy groups -OCH3 is 1. The molecule has 3 rings (SSSR count). The summed E-state index contributed by atoms with van der Waals surface area (Å²) in [6.45, 7) is 6.15. The maximum Gasteiger partial charge on any atom is 0.228 e. The van der Waals surface area contributed by atoms with Gasteiger partial charge in [-0.25, -0.2) is 4.98 Å². The van der Waals surface area contributed by atoms with Gasteiger partial charge < -0.3 is 14.4 Å². The molecule has 6 nitrogen and oxygen atoms in total. The lowest BCUT2D eigenvalue weighted by Crippen LogP contribution is -2.47. The summed E-state index contributed by atoms with van der Waals surface area (Å²) in [6.07, 6.45) is 5.87. The Hall–Kier alpha value is -1.40. The van der Waals surface area contributed by atoms with Crippen molar-refractivity contribution in [1.29, 1.82) is 0 Å². The second kappa shape index (κ2) is 7.04. The molecule has 3 heterocycles. The average molecular weight is 292 g/mol. The molecule has 1 atom stereocenters. The lowest BCUT2D eigenvalue weighted by atomic mass is 10.1. The van der Waals surface area contributed by atoms with E-state index in [0.29, 0.717) is 12.0 Å². The molecule has 1 unspecified atom stereocenters. The SMILES string of the molecule is COc1ccnc(N2CCN(CCC3CCCO3)CC2)n1. The van der Waals surface area contributed by atoms with E-state index in [1.54, 1.807) is 19.4 Å². The van der Waals surface area contributed by atoms with Gasteiger partial charge in [0.05, 0.1) is 13.2 Å². The van der Waals surface area contributed by atoms with Crippen LogP contribution in [0.5, 0.6) is 5.88 Å². The summed E-state index contributed by atoms with van der Waals surface area (Å²) in [4.78, 5) is 13.5. The van der Waals surface area contributed by atoms with Crippen LogP contribution in [0.15, 0.2) is 12.3 Å². The van der Waals surface area contributed by atoms with Crippen LogP contribution in [-0.4, -0.2) is 67.4 Å². The molecule has 2 aliphatic heterocycles. The monoisotopic (exact) mass is 292 g/mol. The van der Waals surface area contributed by atoms with Crippen molar-refractivity contribution in [2.45, 2.75) is 25.4 Å². The van der Waals surface area contributed by atoms with Crippen LogP contribution in [0, 0.1) is 0 Å². The first-order chi connectivity index (χ1) is 10.3. The normalized spacial score (nSPS) is 23.5. The first-order valence-electron chi connectivity index (χ1n) is 7.81. The number of ether oxygens (including phenoxy) is 2. The number of hydrogen-bond acceptors (Lipinski definition) is 6. The Morgan fingerprint density at radius 3 is 2.90 bits per heavy atom. The first-order valence-corrected chi connectivity index (χ1v) is 7.81. The van der Waals surface area contributed by atoms with E-state index in [1.165, 1.54) is 12.8 Å². The van der Waals surface area contributed by atoms with Gasteiger partial charge in [0.15, 0.2) is 0 Å². The Labute approximate surface area is 126 Å². The van der Waals surface area contributed by atoms with E-state index in [1.807, 2.05) is 0 Å². The molecule has 0 bridgehead atoms. The topological polar surface area (TPSA) is 50.7 Å². The molecule has 0 saturated carbocycles. The molecule has 1 aromatic rings. The van der Waals surface area contributed by atoms with E-state index in [4.69, 9.17) is 9.47 Å². The van der Waals surface area contributed by atoms with Gasteiger partial charge >= 0.3 is 0 Å². The van der Waals surface area contributed by atoms with E-state index in [2.05, 4.69) is 19.8 Å². The molecule has 1 aromatic heterocycles. The van der Waals surface area contributed by atoms with Crippen LogP contribution in [0.4, 0.5) is 5.95 Å². The van der Waals surface area contributed by atoms with Crippen LogP contribution in [-0.2, 0) is 4.74 Å². The van der Waals surface area contributed by atoms with Gasteiger partial charge in [-0.1, -0.05) is 0 Å². The maximum atomic E-state index is 5.69. The van der Waals surface area contributed by atoms with Crippen molar-refractivity contribution in [3.8, 4) is 5.88 Å². The second-order valence-electron chi connectivity index (χ2n) is 5.65. The van der Waals surface area contributed by atoms with Crippen molar-refractivity contribution in [3.05, 3.63) is 12.3 Å². The second-order valence-corrected chi connectivity index (χ2v) is 5.65. The average Bonchev–Trinajstić information content (AvgIpc) is 3.07. The van der Waals surface area contributed by atoms with E-state index in [-0.39, 0.29) is 0 Å². The maximum absolute atomic E-state index is 5.69. The van der Waals surface area contributed by atoms with Crippen LogP contribution >= 0.6 is 0 Å². The zero-order valence-corrected chi connectivity index (χ0v) is 12.7. The summed E-state index contributed by atoms with van der Waals surface area (Å²) < 4.78 is 10.8. The van der Waals surface area contributed by atoms with E-state index >= 15 is 0 Å². The number of rotatable bonds is 5. The largest absolute Gasteiger partial charge is 0.481 e. The van der Waals surface area contributed by atoms with E-state index in [0.717, 1.165) is 51.7 Å². The highest BCUT2D eigenvalue weighted by Gasteiger charge is 2.21. The number of piperazine rings is 1. The number of hydrogen-bond donors (Lipinski definition) is 0. The molecule has 0 aromatic carbocycles. The minimum absolute atomic E-state index is 0.491. The summed E-state index contributed by atoms with van der Waals surface area (Å²) in [6, 6.07) is 1.78. The molecule has 0 aliphatic carbocycles. The van der Waals surface area contributed by atoms with E-state index < -0.39 is 0 Å². The summed E-state index contributed by atoms with van der Waals surface area (Å²) in [7, 11) is 1.63. The van der Waals surface area contributed by atoms with Crippen LogP contribution in [0.25, 0.3) is 0 Å². The highest BCUT2D eigenvalue weighted by molar-refractivity contribution is 5.32. The summed E-state index contributed by atoms with van der Waals surface area (Å²) in [5.74, 6) is 1.40. The smallest absolute Gasteiger partial charge is 0.228 e. The van der Waals surface area contributed by atoms with Crippen molar-refractivity contribution < 1.29 is 9.47 Å². The predicted molar refractivity (Wildman–Crippen MR) is 80.8 cm³/mol. The van der Waals surface area contributed by atoms with Crippen molar-refractivity contribution in [2.24, 2.45) is 0 Å². The van der Waals surface area contributed by atoms with Crippen LogP contribution in [0.2, 0.25) is 0 Å². The number of aromatic nitrogens is 2. The van der Waals surface area contributed by atoms with Gasteiger partial charge in [0.1, 0.15) is 0 Å². The first kappa shape index (κ1) is 14.5. The van der Waals surface area contributed by atoms with Crippen LogP contribution in [0.1, 0.15) is 19.3 Å². The van der Waals surface area contributed by atoms with Crippen LogP contribution in [0.3, 0.4) is 0 Å². The standard InChI is InChI=1S/C15H24N4O2/c1-20-14-4-6-16-15(17-14)19-10-8-18(9-11-19)7-5-13-3-2-12-21-13/h4,6,13H,2-3,5,7-12H2,1H3. The zero-order chi connectivity index (χ0) is 14.5. The molecular weight excluding hydrogens is 268 g/mol. The summed E-state index contributed by atoms with van der Waals surface area (Å²) in [5.41, 5.74) is 0. The molecule has 0 N–H and O–H groups in total. The van der Waals surface area contributed by atoms with Gasteiger partial charge in [0, 0.05) is 51.6 Å². The fourth-order valence-electron chi connectivity index (χ4n) is 2.97. The van der Waals surface area contributed by atoms with E-state index in [9.17, 15) is 0 Å². The van der Waals surface area contributed by atoms with Crippen molar-refractivity contribution in [1.82, 2.24) is 14.9 Å². The minimum atomic E-state index is 0.491. The van der Waals surface area contributed by atoms with Crippen molar-refractivity contribution in [2.75, 3.05) is 51.3 Å². The van der Waals surface area contributed by atoms with Crippen molar-refractivity contribution in [3.63, 3.8) is 0 Å². The molecular formula is C15H24N4O2. The molecule has 2 saturated heterocycles. The molecule has 0 spiro atoms. The highest BCUT2D eigenvalue weighted by atomic mass is 16.5. The Morgan fingerprint density at radius 1 is 1.33 bits per heavy atom. The minimum Gasteiger partial charge on any atom is -0.481 e. The Balaban J connectivity index is 1.45. The van der Waals surface area contributed by atoms with Gasteiger partial charge in [0.2, 0.25) is 11.8 Å². The molecule has 0 radical (unpaired) electrons. The molecule has 2 fully saturated rings. The summed E-state index contributed by atoms with van der Waals surface area (Å²) >= 11 is 0. The van der Waals surface area contributed by atoms with Gasteiger partial charge in [-0.2, -0.15) is 4.98 Å². The fraction of sp³-hybridized carbons (Fsp3) is 0.733. The molecule has 6 heteroatoms. The lowest BCUT2D eigenvalue weighted by molar-refractivity contribution is 0.0910. The Morgan fingerprint density at radius 2 is 2.19 bits per heavy atom. The molecule has 116 valence electrons. The number of nitrogens with zero attached hydrogens (tertiary/aromatic N) is 4. The lowest BCUT2D eigenvalue weighted by Gasteiger charge is -2.35. The van der Waals surface area contributed by atoms with Gasteiger partial charge in [-0.05, 0) is 19.3 Å². The Kier molecular flexibility index (Phi) is 4.87. The Bertz CT molecular complexity index is 443.